The van der Waals surface area contributed by atoms with Gasteiger partial charge < -0.3 is 4.90 Å². The predicted octanol–water partition coefficient (Wildman–Crippen LogP) is 2.47. The Morgan fingerprint density at radius 2 is 1.56 bits per heavy atom. The van der Waals surface area contributed by atoms with Gasteiger partial charge in [0, 0.05) is 32.2 Å². The molecule has 2 aliphatic heterocycles. The van der Waals surface area contributed by atoms with Crippen molar-refractivity contribution in [1.29, 1.82) is 0 Å². The summed E-state index contributed by atoms with van der Waals surface area (Å²) in [7, 11) is -2.84. The van der Waals surface area contributed by atoms with Gasteiger partial charge in [-0.15, -0.1) is 0 Å². The number of nitrogens with zero attached hydrogens (tertiary/aromatic N) is 2. The molecule has 1 amide bonds. The van der Waals surface area contributed by atoms with Crippen LogP contribution in [0.3, 0.4) is 0 Å². The van der Waals surface area contributed by atoms with Crippen molar-refractivity contribution in [3.05, 3.63) is 35.9 Å². The minimum atomic E-state index is -2.84. The Kier molecular flexibility index (Phi) is 6.26. The molecule has 2 aliphatic rings. The molecule has 2 saturated heterocycles. The van der Waals surface area contributed by atoms with E-state index in [2.05, 4.69) is 30.9 Å². The summed E-state index contributed by atoms with van der Waals surface area (Å²) < 4.78 is 23.3. The van der Waals surface area contributed by atoms with Crippen LogP contribution in [-0.4, -0.2) is 67.9 Å². The number of amides is 1. The highest BCUT2D eigenvalue weighted by Gasteiger charge is 2.41. The van der Waals surface area contributed by atoms with Crippen LogP contribution < -0.4 is 0 Å². The van der Waals surface area contributed by atoms with Gasteiger partial charge in [0.25, 0.3) is 0 Å². The molecule has 0 bridgehead atoms. The van der Waals surface area contributed by atoms with Crippen LogP contribution in [0, 0.1) is 0 Å². The van der Waals surface area contributed by atoms with E-state index in [0.717, 1.165) is 44.3 Å². The first-order chi connectivity index (χ1) is 12.9. The molecule has 0 aromatic heterocycles. The van der Waals surface area contributed by atoms with E-state index < -0.39 is 15.3 Å². The summed E-state index contributed by atoms with van der Waals surface area (Å²) in [5.41, 5.74) is 0.677. The van der Waals surface area contributed by atoms with Crippen LogP contribution >= 0.6 is 0 Å². The summed E-state index contributed by atoms with van der Waals surface area (Å²) in [5, 5.41) is 0. The largest absolute Gasteiger partial charge is 0.342 e. The molecule has 2 heterocycles. The van der Waals surface area contributed by atoms with Gasteiger partial charge in [-0.2, -0.15) is 0 Å². The molecule has 0 atom stereocenters. The molecule has 0 radical (unpaired) electrons. The minimum Gasteiger partial charge on any atom is -0.342 e. The number of rotatable bonds is 5. The molecule has 0 unspecified atom stereocenters. The molecule has 1 aromatic rings. The third kappa shape index (κ3) is 4.21. The summed E-state index contributed by atoms with van der Waals surface area (Å²) in [6, 6.07) is 10.6. The van der Waals surface area contributed by atoms with Crippen LogP contribution in [0.5, 0.6) is 0 Å². The number of carbonyl (C=O) groups is 1. The van der Waals surface area contributed by atoms with Gasteiger partial charge in [-0.05, 0) is 31.2 Å². The van der Waals surface area contributed by atoms with E-state index in [1.165, 1.54) is 0 Å². The molecule has 3 rings (SSSR count). The first-order valence-electron chi connectivity index (χ1n) is 10.2. The molecular weight excluding hydrogens is 360 g/mol. The first-order valence-corrected chi connectivity index (χ1v) is 12.0. The predicted molar refractivity (Wildman–Crippen MR) is 109 cm³/mol. The van der Waals surface area contributed by atoms with E-state index in [-0.39, 0.29) is 17.4 Å². The SMILES string of the molecule is CCC(CC)(C(=O)N1CCC(N2CCS(=O)(=O)CC2)CC1)c1ccccc1. The van der Waals surface area contributed by atoms with Gasteiger partial charge in [0.1, 0.15) is 0 Å². The topological polar surface area (TPSA) is 57.7 Å². The third-order valence-electron chi connectivity index (χ3n) is 6.59. The van der Waals surface area contributed by atoms with Crippen molar-refractivity contribution in [2.24, 2.45) is 0 Å². The van der Waals surface area contributed by atoms with Gasteiger partial charge in [0.2, 0.25) is 5.91 Å². The second-order valence-electron chi connectivity index (χ2n) is 7.87. The van der Waals surface area contributed by atoms with Gasteiger partial charge in [0.05, 0.1) is 16.9 Å². The quantitative estimate of drug-likeness (QED) is 0.772. The van der Waals surface area contributed by atoms with Gasteiger partial charge in [-0.3, -0.25) is 9.69 Å². The van der Waals surface area contributed by atoms with Gasteiger partial charge >= 0.3 is 0 Å². The molecule has 1 aromatic carbocycles. The number of sulfone groups is 1. The highest BCUT2D eigenvalue weighted by molar-refractivity contribution is 7.91. The number of hydrogen-bond donors (Lipinski definition) is 0. The van der Waals surface area contributed by atoms with Gasteiger partial charge in [0.15, 0.2) is 9.84 Å². The van der Waals surface area contributed by atoms with Crippen molar-refractivity contribution < 1.29 is 13.2 Å². The van der Waals surface area contributed by atoms with Crippen molar-refractivity contribution in [3.8, 4) is 0 Å². The first kappa shape index (κ1) is 20.3. The Bertz CT molecular complexity index is 722. The average Bonchev–Trinajstić information content (AvgIpc) is 2.70. The van der Waals surface area contributed by atoms with Crippen LogP contribution in [0.25, 0.3) is 0 Å². The normalized spacial score (nSPS) is 21.9. The second-order valence-corrected chi connectivity index (χ2v) is 10.2. The van der Waals surface area contributed by atoms with E-state index in [4.69, 9.17) is 0 Å². The van der Waals surface area contributed by atoms with E-state index in [1.807, 2.05) is 23.1 Å². The zero-order valence-electron chi connectivity index (χ0n) is 16.6. The van der Waals surface area contributed by atoms with Crippen LogP contribution in [0.4, 0.5) is 0 Å². The molecule has 0 aliphatic carbocycles. The van der Waals surface area contributed by atoms with E-state index in [0.29, 0.717) is 19.1 Å². The van der Waals surface area contributed by atoms with E-state index in [1.54, 1.807) is 0 Å². The summed E-state index contributed by atoms with van der Waals surface area (Å²) in [6.07, 6.45) is 3.47. The summed E-state index contributed by atoms with van der Waals surface area (Å²) in [4.78, 5) is 17.8. The summed E-state index contributed by atoms with van der Waals surface area (Å²) >= 11 is 0. The van der Waals surface area contributed by atoms with Crippen molar-refractivity contribution >= 4 is 15.7 Å². The molecule has 5 nitrogen and oxygen atoms in total. The van der Waals surface area contributed by atoms with Crippen molar-refractivity contribution in [2.75, 3.05) is 37.7 Å². The Balaban J connectivity index is 1.65. The third-order valence-corrected chi connectivity index (χ3v) is 8.20. The fourth-order valence-corrected chi connectivity index (χ4v) is 5.90. The lowest BCUT2D eigenvalue weighted by Gasteiger charge is -2.43. The van der Waals surface area contributed by atoms with Crippen LogP contribution in [0.15, 0.2) is 30.3 Å². The number of benzene rings is 1. The number of carbonyl (C=O) groups excluding carboxylic acids is 1. The lowest BCUT2D eigenvalue weighted by Crippen LogP contribution is -2.54. The molecule has 0 N–H and O–H groups in total. The zero-order valence-corrected chi connectivity index (χ0v) is 17.4. The van der Waals surface area contributed by atoms with Crippen LogP contribution in [0.1, 0.15) is 45.1 Å². The fourth-order valence-electron chi connectivity index (χ4n) is 4.67. The highest BCUT2D eigenvalue weighted by Crippen LogP contribution is 2.35. The van der Waals surface area contributed by atoms with Gasteiger partial charge in [-0.25, -0.2) is 8.42 Å². The molecule has 2 fully saturated rings. The zero-order chi connectivity index (χ0) is 19.5. The number of piperidine rings is 1. The Morgan fingerprint density at radius 3 is 2.07 bits per heavy atom. The Morgan fingerprint density at radius 1 is 1.00 bits per heavy atom. The maximum atomic E-state index is 13.5. The van der Waals surface area contributed by atoms with Crippen molar-refractivity contribution in [2.45, 2.75) is 51.0 Å². The molecule has 150 valence electrons. The Labute approximate surface area is 163 Å². The maximum absolute atomic E-state index is 13.5. The minimum absolute atomic E-state index is 0.248. The molecule has 6 heteroatoms. The second kappa shape index (κ2) is 8.31. The maximum Gasteiger partial charge on any atom is 0.233 e. The van der Waals surface area contributed by atoms with Crippen molar-refractivity contribution in [3.63, 3.8) is 0 Å². The lowest BCUT2D eigenvalue weighted by atomic mass is 9.74. The van der Waals surface area contributed by atoms with Crippen LogP contribution in [-0.2, 0) is 20.0 Å². The monoisotopic (exact) mass is 392 g/mol. The number of likely N-dealkylation sites (tertiary alicyclic amines) is 1. The fraction of sp³-hybridized carbons (Fsp3) is 0.667. The Hall–Kier alpha value is -1.40. The summed E-state index contributed by atoms with van der Waals surface area (Å²) in [6.45, 7) is 7.02. The smallest absolute Gasteiger partial charge is 0.233 e. The molecular formula is C21H32N2O3S. The standard InChI is InChI=1S/C21H32N2O3S/c1-3-21(4-2,18-8-6-5-7-9-18)20(24)23-12-10-19(11-13-23)22-14-16-27(25,26)17-15-22/h5-9,19H,3-4,10-17H2,1-2H3. The van der Waals surface area contributed by atoms with Gasteiger partial charge in [-0.1, -0.05) is 44.2 Å². The molecule has 27 heavy (non-hydrogen) atoms. The molecule has 0 spiro atoms. The lowest BCUT2D eigenvalue weighted by molar-refractivity contribution is -0.139. The van der Waals surface area contributed by atoms with E-state index in [9.17, 15) is 13.2 Å². The van der Waals surface area contributed by atoms with Crippen molar-refractivity contribution in [1.82, 2.24) is 9.80 Å². The molecule has 0 saturated carbocycles. The highest BCUT2D eigenvalue weighted by atomic mass is 32.2. The average molecular weight is 393 g/mol. The summed E-state index contributed by atoms with van der Waals surface area (Å²) in [5.74, 6) is 0.794. The van der Waals surface area contributed by atoms with E-state index >= 15 is 0 Å². The number of hydrogen-bond acceptors (Lipinski definition) is 4. The van der Waals surface area contributed by atoms with Crippen LogP contribution in [0.2, 0.25) is 0 Å².